The van der Waals surface area contributed by atoms with Gasteiger partial charge in [-0.25, -0.2) is 9.18 Å². The Bertz CT molecular complexity index is 556. The lowest BCUT2D eigenvalue weighted by Crippen LogP contribution is -2.53. The number of carboxylic acids is 1. The Kier molecular flexibility index (Phi) is 3.44. The molecule has 1 aliphatic rings. The molecule has 0 fully saturated rings. The van der Waals surface area contributed by atoms with Crippen molar-refractivity contribution in [2.45, 2.75) is 18.7 Å². The molecule has 0 spiro atoms. The highest BCUT2D eigenvalue weighted by atomic mass is 19.1. The molecule has 5 nitrogen and oxygen atoms in total. The first kappa shape index (κ1) is 13.4. The Morgan fingerprint density at radius 3 is 2.84 bits per heavy atom. The van der Waals surface area contributed by atoms with Gasteiger partial charge in [0.25, 0.3) is 0 Å². The molecular formula is C13H13FN2O3. The first-order chi connectivity index (χ1) is 9.01. The Morgan fingerprint density at radius 1 is 1.58 bits per heavy atom. The SMILES string of the molecule is COC1(C(=O)O)C=C(C)N=C(c2cccnc2)C1F. The van der Waals surface area contributed by atoms with E-state index in [0.717, 1.165) is 7.11 Å². The number of aliphatic imine (C=N–C) groups is 1. The molecule has 0 saturated heterocycles. The average molecular weight is 264 g/mol. The molecule has 1 aromatic rings. The smallest absolute Gasteiger partial charge is 0.343 e. The summed E-state index contributed by atoms with van der Waals surface area (Å²) in [6.07, 6.45) is 2.26. The van der Waals surface area contributed by atoms with Crippen molar-refractivity contribution in [1.29, 1.82) is 0 Å². The van der Waals surface area contributed by atoms with Gasteiger partial charge in [0, 0.05) is 30.8 Å². The molecule has 2 rings (SSSR count). The second kappa shape index (κ2) is 4.89. The van der Waals surface area contributed by atoms with Crippen LogP contribution in [0, 0.1) is 0 Å². The highest BCUT2D eigenvalue weighted by Gasteiger charge is 2.50. The third-order valence-corrected chi connectivity index (χ3v) is 2.97. The average Bonchev–Trinajstić information content (AvgIpc) is 2.41. The van der Waals surface area contributed by atoms with Gasteiger partial charge in [0.05, 0.1) is 5.71 Å². The molecule has 1 aromatic heterocycles. The molecule has 0 saturated carbocycles. The van der Waals surface area contributed by atoms with Gasteiger partial charge in [-0.2, -0.15) is 0 Å². The van der Waals surface area contributed by atoms with Gasteiger partial charge in [-0.05, 0) is 25.1 Å². The Balaban J connectivity index is 2.54. The normalized spacial score (nSPS) is 26.6. The van der Waals surface area contributed by atoms with E-state index < -0.39 is 17.7 Å². The van der Waals surface area contributed by atoms with Gasteiger partial charge in [0.2, 0.25) is 5.60 Å². The fourth-order valence-corrected chi connectivity index (χ4v) is 2.01. The van der Waals surface area contributed by atoms with E-state index in [2.05, 4.69) is 9.98 Å². The van der Waals surface area contributed by atoms with Crippen molar-refractivity contribution in [3.8, 4) is 0 Å². The highest BCUT2D eigenvalue weighted by Crippen LogP contribution is 2.30. The summed E-state index contributed by atoms with van der Waals surface area (Å²) in [5.41, 5.74) is -1.21. The molecule has 19 heavy (non-hydrogen) atoms. The lowest BCUT2D eigenvalue weighted by Gasteiger charge is -2.32. The number of alkyl halides is 1. The van der Waals surface area contributed by atoms with Crippen LogP contribution in [0.25, 0.3) is 0 Å². The minimum Gasteiger partial charge on any atom is -0.479 e. The van der Waals surface area contributed by atoms with Crippen LogP contribution in [0.4, 0.5) is 4.39 Å². The maximum absolute atomic E-state index is 14.6. The third kappa shape index (κ3) is 2.15. The molecule has 1 N–H and O–H groups in total. The van der Waals surface area contributed by atoms with Crippen molar-refractivity contribution in [3.05, 3.63) is 41.9 Å². The summed E-state index contributed by atoms with van der Waals surface area (Å²) in [6.45, 7) is 1.60. The minimum absolute atomic E-state index is 0.0114. The molecular weight excluding hydrogens is 251 g/mol. The number of ether oxygens (including phenoxy) is 1. The van der Waals surface area contributed by atoms with E-state index >= 15 is 0 Å². The van der Waals surface area contributed by atoms with Crippen molar-refractivity contribution in [2.24, 2.45) is 4.99 Å². The molecule has 100 valence electrons. The number of pyridine rings is 1. The standard InChI is InChI=1S/C13H13FN2O3/c1-8-6-13(19-2,12(17)18)11(14)10(16-8)9-4-3-5-15-7-9/h3-7,11H,1-2H3,(H,17,18). The Labute approximate surface area is 109 Å². The van der Waals surface area contributed by atoms with Crippen molar-refractivity contribution in [3.63, 3.8) is 0 Å². The van der Waals surface area contributed by atoms with Crippen LogP contribution in [0.2, 0.25) is 0 Å². The summed E-state index contributed by atoms with van der Waals surface area (Å²) >= 11 is 0. The third-order valence-electron chi connectivity index (χ3n) is 2.97. The topological polar surface area (TPSA) is 71.8 Å². The number of carbonyl (C=O) groups is 1. The molecule has 0 radical (unpaired) electrons. The van der Waals surface area contributed by atoms with Crippen LogP contribution in [0.3, 0.4) is 0 Å². The second-order valence-electron chi connectivity index (χ2n) is 4.19. The van der Waals surface area contributed by atoms with Crippen LogP contribution in [-0.2, 0) is 9.53 Å². The molecule has 2 atom stereocenters. The van der Waals surface area contributed by atoms with Gasteiger partial charge in [0.1, 0.15) is 0 Å². The number of hydrogen-bond donors (Lipinski definition) is 1. The molecule has 1 aliphatic heterocycles. The first-order valence-electron chi connectivity index (χ1n) is 5.62. The Morgan fingerprint density at radius 2 is 2.32 bits per heavy atom. The zero-order chi connectivity index (χ0) is 14.0. The zero-order valence-electron chi connectivity index (χ0n) is 10.5. The summed E-state index contributed by atoms with van der Waals surface area (Å²) in [6, 6.07) is 3.26. The van der Waals surface area contributed by atoms with E-state index in [1.165, 1.54) is 12.3 Å². The number of allylic oxidation sites excluding steroid dienone is 1. The fourth-order valence-electron chi connectivity index (χ4n) is 2.01. The van der Waals surface area contributed by atoms with E-state index in [1.807, 2.05) is 0 Å². The van der Waals surface area contributed by atoms with Crippen LogP contribution in [0.1, 0.15) is 12.5 Å². The zero-order valence-corrected chi connectivity index (χ0v) is 10.5. The second-order valence-corrected chi connectivity index (χ2v) is 4.19. The largest absolute Gasteiger partial charge is 0.479 e. The molecule has 0 aliphatic carbocycles. The maximum Gasteiger partial charge on any atom is 0.343 e. The number of aliphatic carboxylic acids is 1. The highest BCUT2D eigenvalue weighted by molar-refractivity contribution is 6.09. The fraction of sp³-hybridized carbons (Fsp3) is 0.308. The van der Waals surface area contributed by atoms with Crippen molar-refractivity contribution < 1.29 is 19.0 Å². The van der Waals surface area contributed by atoms with Gasteiger partial charge in [0.15, 0.2) is 6.17 Å². The summed E-state index contributed by atoms with van der Waals surface area (Å²) in [5.74, 6) is -1.39. The van der Waals surface area contributed by atoms with Crippen LogP contribution in [-0.4, -0.2) is 40.7 Å². The number of nitrogens with zero attached hydrogens (tertiary/aromatic N) is 2. The van der Waals surface area contributed by atoms with Crippen LogP contribution in [0.15, 0.2) is 41.3 Å². The van der Waals surface area contributed by atoms with E-state index in [-0.39, 0.29) is 5.71 Å². The van der Waals surface area contributed by atoms with E-state index in [1.54, 1.807) is 25.3 Å². The molecule has 0 bridgehead atoms. The van der Waals surface area contributed by atoms with E-state index in [0.29, 0.717) is 11.3 Å². The van der Waals surface area contributed by atoms with Crippen LogP contribution in [0.5, 0.6) is 0 Å². The van der Waals surface area contributed by atoms with Gasteiger partial charge < -0.3 is 9.84 Å². The number of rotatable bonds is 3. The summed E-state index contributed by atoms with van der Waals surface area (Å²) < 4.78 is 19.5. The minimum atomic E-state index is -2.04. The van der Waals surface area contributed by atoms with Crippen LogP contribution < -0.4 is 0 Å². The molecule has 2 heterocycles. The lowest BCUT2D eigenvalue weighted by atomic mass is 9.88. The van der Waals surface area contributed by atoms with Crippen molar-refractivity contribution in [2.75, 3.05) is 7.11 Å². The van der Waals surface area contributed by atoms with Gasteiger partial charge in [-0.15, -0.1) is 0 Å². The number of hydrogen-bond acceptors (Lipinski definition) is 4. The van der Waals surface area contributed by atoms with Gasteiger partial charge >= 0.3 is 5.97 Å². The molecule has 6 heteroatoms. The number of carboxylic acid groups (broad SMARTS) is 1. The summed E-state index contributed by atoms with van der Waals surface area (Å²) in [7, 11) is 1.16. The van der Waals surface area contributed by atoms with E-state index in [9.17, 15) is 14.3 Å². The van der Waals surface area contributed by atoms with E-state index in [4.69, 9.17) is 4.74 Å². The summed E-state index contributed by atoms with van der Waals surface area (Å²) in [4.78, 5) is 19.3. The number of halogens is 1. The van der Waals surface area contributed by atoms with Crippen LogP contribution >= 0.6 is 0 Å². The molecule has 0 aromatic carbocycles. The quantitative estimate of drug-likeness (QED) is 0.900. The predicted molar refractivity (Wildman–Crippen MR) is 66.8 cm³/mol. The monoisotopic (exact) mass is 264 g/mol. The Hall–Kier alpha value is -2.08. The lowest BCUT2D eigenvalue weighted by molar-refractivity contribution is -0.160. The maximum atomic E-state index is 14.6. The number of aromatic nitrogens is 1. The van der Waals surface area contributed by atoms with Crippen molar-refractivity contribution in [1.82, 2.24) is 4.98 Å². The van der Waals surface area contributed by atoms with Gasteiger partial charge in [-0.1, -0.05) is 0 Å². The molecule has 0 amide bonds. The number of methoxy groups -OCH3 is 1. The van der Waals surface area contributed by atoms with Crippen molar-refractivity contribution >= 4 is 11.7 Å². The summed E-state index contributed by atoms with van der Waals surface area (Å²) in [5, 5.41) is 9.26. The predicted octanol–water partition coefficient (Wildman–Crippen LogP) is 1.60. The molecule has 2 unspecified atom stereocenters. The first-order valence-corrected chi connectivity index (χ1v) is 5.62. The van der Waals surface area contributed by atoms with Gasteiger partial charge in [-0.3, -0.25) is 9.98 Å².